The molecular formula is C17H24N6O2S. The molecule has 8 nitrogen and oxygen atoms in total. The Morgan fingerprint density at radius 2 is 1.77 bits per heavy atom. The molecule has 4 rings (SSSR count). The lowest BCUT2D eigenvalue weighted by molar-refractivity contribution is 0.383. The Morgan fingerprint density at radius 3 is 2.42 bits per heavy atom. The highest BCUT2D eigenvalue weighted by molar-refractivity contribution is 7.89. The zero-order chi connectivity index (χ0) is 18.5. The topological polar surface area (TPSA) is 84.2 Å². The van der Waals surface area contributed by atoms with Gasteiger partial charge in [-0.1, -0.05) is 0 Å². The van der Waals surface area contributed by atoms with Gasteiger partial charge in [0.15, 0.2) is 5.82 Å². The Labute approximate surface area is 153 Å². The van der Waals surface area contributed by atoms with Gasteiger partial charge in [0.25, 0.3) is 0 Å². The molecule has 26 heavy (non-hydrogen) atoms. The molecule has 0 aromatic carbocycles. The minimum Gasteiger partial charge on any atom is -0.352 e. The molecule has 0 bridgehead atoms. The van der Waals surface area contributed by atoms with E-state index in [0.717, 1.165) is 30.8 Å². The van der Waals surface area contributed by atoms with E-state index in [1.54, 1.807) is 29.9 Å². The zero-order valence-corrected chi connectivity index (χ0v) is 16.3. The van der Waals surface area contributed by atoms with Crippen molar-refractivity contribution in [1.29, 1.82) is 0 Å². The molecule has 1 aliphatic heterocycles. The first kappa shape index (κ1) is 17.4. The Hall–Kier alpha value is -2.00. The molecule has 1 saturated heterocycles. The summed E-state index contributed by atoms with van der Waals surface area (Å²) in [7, 11) is -1.76. The molecule has 2 aliphatic rings. The van der Waals surface area contributed by atoms with E-state index < -0.39 is 10.0 Å². The fourth-order valence-electron chi connectivity index (χ4n) is 3.89. The van der Waals surface area contributed by atoms with Crippen LogP contribution in [0.25, 0.3) is 0 Å². The third-order valence-corrected chi connectivity index (χ3v) is 7.56. The Morgan fingerprint density at radius 1 is 1.04 bits per heavy atom. The zero-order valence-electron chi connectivity index (χ0n) is 15.4. The second-order valence-corrected chi connectivity index (χ2v) is 8.92. The summed E-state index contributed by atoms with van der Waals surface area (Å²) in [5.41, 5.74) is 3.62. The monoisotopic (exact) mass is 376 g/mol. The van der Waals surface area contributed by atoms with Crippen molar-refractivity contribution in [3.63, 3.8) is 0 Å². The lowest BCUT2D eigenvalue weighted by Crippen LogP contribution is -2.49. The van der Waals surface area contributed by atoms with Gasteiger partial charge in [-0.25, -0.2) is 8.42 Å². The fourth-order valence-corrected chi connectivity index (χ4v) is 5.71. The Kier molecular flexibility index (Phi) is 4.23. The van der Waals surface area contributed by atoms with Crippen LogP contribution in [0.4, 0.5) is 5.82 Å². The number of anilines is 1. The van der Waals surface area contributed by atoms with Crippen molar-refractivity contribution in [1.82, 2.24) is 24.3 Å². The smallest absolute Gasteiger partial charge is 0.246 e. The van der Waals surface area contributed by atoms with Crippen LogP contribution < -0.4 is 4.90 Å². The molecule has 0 spiro atoms. The average Bonchev–Trinajstić information content (AvgIpc) is 3.18. The van der Waals surface area contributed by atoms with Crippen molar-refractivity contribution in [2.75, 3.05) is 31.1 Å². The van der Waals surface area contributed by atoms with Crippen molar-refractivity contribution in [3.05, 3.63) is 28.7 Å². The summed E-state index contributed by atoms with van der Waals surface area (Å²) in [5.74, 6) is 0.858. The highest BCUT2D eigenvalue weighted by Gasteiger charge is 2.33. The maximum Gasteiger partial charge on any atom is 0.246 e. The maximum absolute atomic E-state index is 13.1. The van der Waals surface area contributed by atoms with Crippen LogP contribution in [0, 0.1) is 13.8 Å². The van der Waals surface area contributed by atoms with E-state index in [0.29, 0.717) is 42.5 Å². The number of nitrogens with zero attached hydrogens (tertiary/aromatic N) is 6. The molecule has 0 N–H and O–H groups in total. The first-order valence-electron chi connectivity index (χ1n) is 8.98. The Balaban J connectivity index is 1.51. The van der Waals surface area contributed by atoms with Gasteiger partial charge in [-0.2, -0.15) is 14.5 Å². The first-order valence-corrected chi connectivity index (χ1v) is 10.4. The number of aryl methyl sites for hydroxylation is 4. The molecule has 9 heteroatoms. The van der Waals surface area contributed by atoms with E-state index in [2.05, 4.69) is 26.3 Å². The van der Waals surface area contributed by atoms with E-state index >= 15 is 0 Å². The number of fused-ring (bicyclic) bond motifs is 1. The third-order valence-electron chi connectivity index (χ3n) is 5.41. The third kappa shape index (κ3) is 2.79. The van der Waals surface area contributed by atoms with Gasteiger partial charge in [0, 0.05) is 33.2 Å². The van der Waals surface area contributed by atoms with Gasteiger partial charge in [-0.05, 0) is 44.7 Å². The lowest BCUT2D eigenvalue weighted by atomic mass is 10.2. The predicted octanol–water partition coefficient (Wildman–Crippen LogP) is 0.827. The summed E-state index contributed by atoms with van der Waals surface area (Å²) in [6.07, 6.45) is 3.22. The summed E-state index contributed by atoms with van der Waals surface area (Å²) in [5, 5.41) is 12.9. The highest BCUT2D eigenvalue weighted by Crippen LogP contribution is 2.26. The molecule has 1 fully saturated rings. The van der Waals surface area contributed by atoms with Crippen molar-refractivity contribution in [2.45, 2.75) is 38.0 Å². The van der Waals surface area contributed by atoms with E-state index in [4.69, 9.17) is 0 Å². The number of hydrogen-bond donors (Lipinski definition) is 0. The van der Waals surface area contributed by atoms with Gasteiger partial charge >= 0.3 is 0 Å². The molecule has 2 aromatic rings. The van der Waals surface area contributed by atoms with E-state index in [9.17, 15) is 8.42 Å². The van der Waals surface area contributed by atoms with Crippen LogP contribution >= 0.6 is 0 Å². The van der Waals surface area contributed by atoms with Crippen molar-refractivity contribution in [3.8, 4) is 0 Å². The molecule has 0 radical (unpaired) electrons. The fraction of sp³-hybridized carbons (Fsp3) is 0.588. The van der Waals surface area contributed by atoms with Crippen LogP contribution in [-0.4, -0.2) is 58.9 Å². The molecule has 1 aliphatic carbocycles. The number of piperazine rings is 1. The molecule has 2 aromatic heterocycles. The van der Waals surface area contributed by atoms with E-state index in [-0.39, 0.29) is 0 Å². The van der Waals surface area contributed by atoms with E-state index in [1.807, 2.05) is 0 Å². The minimum absolute atomic E-state index is 0.339. The van der Waals surface area contributed by atoms with Crippen LogP contribution in [0.3, 0.4) is 0 Å². The standard InChI is InChI=1S/C17H24N6O2S/c1-12-17(13(2)21(3)20-12)26(24,25)23-9-7-22(8-10-23)16-11-14-5-4-6-15(14)18-19-16/h11H,4-10H2,1-3H3. The second kappa shape index (κ2) is 6.31. The first-order chi connectivity index (χ1) is 12.4. The summed E-state index contributed by atoms with van der Waals surface area (Å²) < 4.78 is 29.3. The molecule has 140 valence electrons. The molecule has 0 unspecified atom stereocenters. The summed E-state index contributed by atoms with van der Waals surface area (Å²) in [6, 6.07) is 2.12. The summed E-state index contributed by atoms with van der Waals surface area (Å²) in [6.45, 7) is 5.65. The van der Waals surface area contributed by atoms with Gasteiger partial charge in [0.1, 0.15) is 4.90 Å². The SMILES string of the molecule is Cc1nn(C)c(C)c1S(=O)(=O)N1CCN(c2cc3c(nn2)CCC3)CC1. The largest absolute Gasteiger partial charge is 0.352 e. The summed E-state index contributed by atoms with van der Waals surface area (Å²) >= 11 is 0. The maximum atomic E-state index is 13.1. The minimum atomic E-state index is -3.53. The molecule has 0 saturated carbocycles. The van der Waals surface area contributed by atoms with Gasteiger partial charge in [-0.15, -0.1) is 5.10 Å². The van der Waals surface area contributed by atoms with Gasteiger partial charge in [-0.3, -0.25) is 4.68 Å². The highest BCUT2D eigenvalue weighted by atomic mass is 32.2. The normalized spacial score (nSPS) is 18.3. The van der Waals surface area contributed by atoms with Gasteiger partial charge in [0.2, 0.25) is 10.0 Å². The van der Waals surface area contributed by atoms with Crippen molar-refractivity contribution < 1.29 is 8.42 Å². The molecule has 0 amide bonds. The molecule has 0 atom stereocenters. The van der Waals surface area contributed by atoms with Gasteiger partial charge in [0.05, 0.1) is 17.1 Å². The number of hydrogen-bond acceptors (Lipinski definition) is 6. The van der Waals surface area contributed by atoms with Crippen molar-refractivity contribution in [2.24, 2.45) is 7.05 Å². The molecular weight excluding hydrogens is 352 g/mol. The number of aromatic nitrogens is 4. The predicted molar refractivity (Wildman–Crippen MR) is 97.7 cm³/mol. The van der Waals surface area contributed by atoms with Crippen molar-refractivity contribution >= 4 is 15.8 Å². The summed E-state index contributed by atoms with van der Waals surface area (Å²) in [4.78, 5) is 2.46. The number of sulfonamides is 1. The van der Waals surface area contributed by atoms with Crippen LogP contribution in [0.1, 0.15) is 29.1 Å². The molecule has 3 heterocycles. The second-order valence-electron chi connectivity index (χ2n) is 7.04. The van der Waals surface area contributed by atoms with Crippen LogP contribution in [0.5, 0.6) is 0 Å². The quantitative estimate of drug-likeness (QED) is 0.789. The average molecular weight is 376 g/mol. The van der Waals surface area contributed by atoms with Crippen LogP contribution in [-0.2, 0) is 29.9 Å². The lowest BCUT2D eigenvalue weighted by Gasteiger charge is -2.34. The Bertz CT molecular complexity index is 944. The van der Waals surface area contributed by atoms with Gasteiger partial charge < -0.3 is 4.90 Å². The van der Waals surface area contributed by atoms with Crippen LogP contribution in [0.15, 0.2) is 11.0 Å². The van der Waals surface area contributed by atoms with E-state index in [1.165, 1.54) is 5.56 Å². The van der Waals surface area contributed by atoms with Crippen LogP contribution in [0.2, 0.25) is 0 Å². The number of rotatable bonds is 3.